The van der Waals surface area contributed by atoms with Gasteiger partial charge >= 0.3 is 0 Å². The van der Waals surface area contributed by atoms with Gasteiger partial charge in [-0.05, 0) is 12.1 Å². The van der Waals surface area contributed by atoms with Gasteiger partial charge in [0, 0.05) is 18.0 Å². The number of aromatic nitrogens is 1. The first kappa shape index (κ1) is 9.06. The molecule has 12 heavy (non-hydrogen) atoms. The number of rotatable bonds is 3. The molecule has 1 heterocycles. The van der Waals surface area contributed by atoms with Crippen LogP contribution in [0.25, 0.3) is 0 Å². The Morgan fingerprint density at radius 3 is 2.42 bits per heavy atom. The van der Waals surface area contributed by atoms with Crippen LogP contribution in [0.5, 0.6) is 0 Å². The van der Waals surface area contributed by atoms with Crippen molar-refractivity contribution in [1.29, 1.82) is 0 Å². The lowest BCUT2D eigenvalue weighted by Crippen LogP contribution is -2.14. The molecule has 1 aromatic rings. The molecule has 0 saturated heterocycles. The Balaban J connectivity index is 2.86. The van der Waals surface area contributed by atoms with Gasteiger partial charge in [0.25, 0.3) is 0 Å². The zero-order valence-corrected chi connectivity index (χ0v) is 7.74. The van der Waals surface area contributed by atoms with Crippen LogP contribution in [-0.4, -0.2) is 21.9 Å². The van der Waals surface area contributed by atoms with Gasteiger partial charge in [-0.1, -0.05) is 15.9 Å². The minimum Gasteiger partial charge on any atom is -0.290 e. The fourth-order valence-electron chi connectivity index (χ4n) is 0.725. The zero-order chi connectivity index (χ0) is 8.97. The molecule has 0 aliphatic rings. The maximum atomic E-state index is 11.2. The van der Waals surface area contributed by atoms with Crippen molar-refractivity contribution in [3.63, 3.8) is 0 Å². The van der Waals surface area contributed by atoms with E-state index in [0.29, 0.717) is 5.56 Å². The molecule has 0 saturated carbocycles. The van der Waals surface area contributed by atoms with Crippen molar-refractivity contribution in [2.75, 3.05) is 5.33 Å². The number of carbonyl (C=O) groups is 2. The number of halogens is 1. The standard InChI is InChI=1S/C8H6BrNO2/c9-5-7(11)8(12)6-1-3-10-4-2-6/h1-4H,5H2. The van der Waals surface area contributed by atoms with Crippen LogP contribution < -0.4 is 0 Å². The summed E-state index contributed by atoms with van der Waals surface area (Å²) >= 11 is 2.93. The maximum absolute atomic E-state index is 11.2. The summed E-state index contributed by atoms with van der Waals surface area (Å²) < 4.78 is 0. The molecule has 1 rings (SSSR count). The number of ketones is 2. The first-order valence-electron chi connectivity index (χ1n) is 3.29. The van der Waals surface area contributed by atoms with E-state index in [9.17, 15) is 9.59 Å². The average molecular weight is 228 g/mol. The Bertz CT molecular complexity index is 297. The summed E-state index contributed by atoms with van der Waals surface area (Å²) in [6.07, 6.45) is 2.96. The van der Waals surface area contributed by atoms with Gasteiger partial charge < -0.3 is 0 Å². The first-order chi connectivity index (χ1) is 5.75. The molecule has 0 aliphatic heterocycles. The summed E-state index contributed by atoms with van der Waals surface area (Å²) in [6, 6.07) is 3.03. The van der Waals surface area contributed by atoms with Gasteiger partial charge in [0.2, 0.25) is 11.6 Å². The number of hydrogen-bond donors (Lipinski definition) is 0. The lowest BCUT2D eigenvalue weighted by molar-refractivity contribution is -0.112. The van der Waals surface area contributed by atoms with Gasteiger partial charge in [-0.2, -0.15) is 0 Å². The molecular formula is C8H6BrNO2. The number of pyridine rings is 1. The number of carbonyl (C=O) groups excluding carboxylic acids is 2. The summed E-state index contributed by atoms with van der Waals surface area (Å²) in [4.78, 5) is 25.8. The van der Waals surface area contributed by atoms with Crippen LogP contribution in [0.4, 0.5) is 0 Å². The van der Waals surface area contributed by atoms with Crippen LogP contribution in [0, 0.1) is 0 Å². The Hall–Kier alpha value is -1.03. The van der Waals surface area contributed by atoms with E-state index in [2.05, 4.69) is 20.9 Å². The number of hydrogen-bond acceptors (Lipinski definition) is 3. The minimum atomic E-state index is -0.478. The average Bonchev–Trinajstić information content (AvgIpc) is 2.17. The Morgan fingerprint density at radius 1 is 1.33 bits per heavy atom. The fourth-order valence-corrected chi connectivity index (χ4v) is 0.980. The van der Waals surface area contributed by atoms with Crippen LogP contribution in [0.2, 0.25) is 0 Å². The van der Waals surface area contributed by atoms with E-state index < -0.39 is 11.6 Å². The smallest absolute Gasteiger partial charge is 0.229 e. The molecule has 3 nitrogen and oxygen atoms in total. The van der Waals surface area contributed by atoms with E-state index in [0.717, 1.165) is 0 Å². The van der Waals surface area contributed by atoms with Gasteiger partial charge in [-0.3, -0.25) is 14.6 Å². The van der Waals surface area contributed by atoms with E-state index in [1.165, 1.54) is 24.5 Å². The molecule has 0 aliphatic carbocycles. The monoisotopic (exact) mass is 227 g/mol. The third kappa shape index (κ3) is 1.98. The van der Waals surface area contributed by atoms with Crippen molar-refractivity contribution < 1.29 is 9.59 Å². The van der Waals surface area contributed by atoms with Crippen LogP contribution in [0.3, 0.4) is 0 Å². The normalized spacial score (nSPS) is 9.42. The van der Waals surface area contributed by atoms with Gasteiger partial charge in [-0.25, -0.2) is 0 Å². The van der Waals surface area contributed by atoms with Crippen molar-refractivity contribution in [2.24, 2.45) is 0 Å². The Kier molecular flexibility index (Phi) is 3.10. The molecule has 0 amide bonds. The second-order valence-electron chi connectivity index (χ2n) is 2.12. The Labute approximate surface area is 77.9 Å². The molecule has 0 fully saturated rings. The number of nitrogens with zero attached hydrogens (tertiary/aromatic N) is 1. The van der Waals surface area contributed by atoms with Gasteiger partial charge in [0.05, 0.1) is 5.33 Å². The lowest BCUT2D eigenvalue weighted by Gasteiger charge is -1.94. The van der Waals surface area contributed by atoms with E-state index >= 15 is 0 Å². The topological polar surface area (TPSA) is 47.0 Å². The van der Waals surface area contributed by atoms with Crippen molar-refractivity contribution in [3.8, 4) is 0 Å². The second kappa shape index (κ2) is 4.11. The number of Topliss-reactive ketones (excluding diaryl/α,β-unsaturated/α-hetero) is 2. The van der Waals surface area contributed by atoms with E-state index in [4.69, 9.17) is 0 Å². The predicted molar refractivity (Wildman–Crippen MR) is 47.4 cm³/mol. The SMILES string of the molecule is O=C(CBr)C(=O)c1ccncc1. The minimum absolute atomic E-state index is 0.0636. The highest BCUT2D eigenvalue weighted by Crippen LogP contribution is 1.99. The molecule has 0 aromatic carbocycles. The lowest BCUT2D eigenvalue weighted by atomic mass is 10.1. The summed E-state index contributed by atoms with van der Waals surface area (Å²) in [5, 5.41) is 0.0636. The van der Waals surface area contributed by atoms with Crippen LogP contribution in [0.1, 0.15) is 10.4 Å². The molecule has 1 aromatic heterocycles. The van der Waals surface area contributed by atoms with Gasteiger partial charge in [-0.15, -0.1) is 0 Å². The van der Waals surface area contributed by atoms with Gasteiger partial charge in [0.15, 0.2) is 0 Å². The molecule has 0 atom stereocenters. The van der Waals surface area contributed by atoms with E-state index in [1.54, 1.807) is 0 Å². The molecule has 4 heteroatoms. The number of alkyl halides is 1. The van der Waals surface area contributed by atoms with Crippen molar-refractivity contribution >= 4 is 27.5 Å². The summed E-state index contributed by atoms with van der Waals surface area (Å²) in [5.74, 6) is -0.921. The summed E-state index contributed by atoms with van der Waals surface area (Å²) in [6.45, 7) is 0. The highest BCUT2D eigenvalue weighted by atomic mass is 79.9. The molecule has 0 spiro atoms. The molecule has 0 N–H and O–H groups in total. The van der Waals surface area contributed by atoms with E-state index in [1.807, 2.05) is 0 Å². The zero-order valence-electron chi connectivity index (χ0n) is 6.16. The molecule has 62 valence electrons. The summed E-state index contributed by atoms with van der Waals surface area (Å²) in [7, 11) is 0. The fraction of sp³-hybridized carbons (Fsp3) is 0.125. The van der Waals surface area contributed by atoms with Crippen molar-refractivity contribution in [1.82, 2.24) is 4.98 Å². The van der Waals surface area contributed by atoms with Crippen molar-refractivity contribution in [3.05, 3.63) is 30.1 Å². The third-order valence-electron chi connectivity index (χ3n) is 1.32. The molecule has 0 bridgehead atoms. The van der Waals surface area contributed by atoms with Crippen LogP contribution in [-0.2, 0) is 4.79 Å². The van der Waals surface area contributed by atoms with Crippen LogP contribution >= 0.6 is 15.9 Å². The quantitative estimate of drug-likeness (QED) is 0.444. The molecular weight excluding hydrogens is 222 g/mol. The molecule has 0 radical (unpaired) electrons. The van der Waals surface area contributed by atoms with Gasteiger partial charge in [0.1, 0.15) is 0 Å². The second-order valence-corrected chi connectivity index (χ2v) is 2.68. The third-order valence-corrected chi connectivity index (χ3v) is 1.83. The van der Waals surface area contributed by atoms with Crippen LogP contribution in [0.15, 0.2) is 24.5 Å². The first-order valence-corrected chi connectivity index (χ1v) is 4.41. The predicted octanol–water partition coefficient (Wildman–Crippen LogP) is 1.23. The highest BCUT2D eigenvalue weighted by Gasteiger charge is 2.13. The van der Waals surface area contributed by atoms with Crippen molar-refractivity contribution in [2.45, 2.75) is 0 Å². The highest BCUT2D eigenvalue weighted by molar-refractivity contribution is 9.09. The largest absolute Gasteiger partial charge is 0.290 e. The Morgan fingerprint density at radius 2 is 1.92 bits per heavy atom. The maximum Gasteiger partial charge on any atom is 0.229 e. The molecule has 0 unspecified atom stereocenters. The van der Waals surface area contributed by atoms with E-state index in [-0.39, 0.29) is 5.33 Å². The summed E-state index contributed by atoms with van der Waals surface area (Å²) in [5.41, 5.74) is 0.384.